The zero-order valence-corrected chi connectivity index (χ0v) is 18.6. The zero-order chi connectivity index (χ0) is 21.7. The quantitative estimate of drug-likeness (QED) is 0.615. The molecule has 2 heterocycles. The van der Waals surface area contributed by atoms with Crippen LogP contribution in [0.15, 0.2) is 48.2 Å². The van der Waals surface area contributed by atoms with Crippen LogP contribution in [0.5, 0.6) is 5.75 Å². The molecule has 1 aliphatic rings. The first-order chi connectivity index (χ1) is 14.4. The second kappa shape index (κ2) is 10.00. The predicted octanol–water partition coefficient (Wildman–Crippen LogP) is 4.38. The van der Waals surface area contributed by atoms with Crippen LogP contribution in [0.3, 0.4) is 0 Å². The molecule has 3 rings (SSSR count). The summed E-state index contributed by atoms with van der Waals surface area (Å²) >= 11 is 7.63. The molecule has 1 saturated heterocycles. The van der Waals surface area contributed by atoms with Gasteiger partial charge >= 0.3 is 0 Å². The van der Waals surface area contributed by atoms with Gasteiger partial charge in [0.05, 0.1) is 17.5 Å². The van der Waals surface area contributed by atoms with Crippen LogP contribution in [0.2, 0.25) is 4.34 Å². The first-order valence-electron chi connectivity index (χ1n) is 9.83. The third-order valence-electron chi connectivity index (χ3n) is 5.04. The number of benzene rings is 1. The van der Waals surface area contributed by atoms with Crippen molar-refractivity contribution >= 4 is 40.3 Å². The molecule has 2 aromatic rings. The van der Waals surface area contributed by atoms with Crippen LogP contribution in [0.1, 0.15) is 37.1 Å². The number of nitrogens with zero attached hydrogens (tertiary/aromatic N) is 1. The predicted molar refractivity (Wildman–Crippen MR) is 121 cm³/mol. The van der Waals surface area contributed by atoms with Crippen LogP contribution in [0, 0.1) is 0 Å². The van der Waals surface area contributed by atoms with Gasteiger partial charge in [0, 0.05) is 34.9 Å². The molecule has 2 unspecified atom stereocenters. The number of likely N-dealkylation sites (tertiary alicyclic amines) is 1. The van der Waals surface area contributed by atoms with Crippen molar-refractivity contribution in [2.45, 2.75) is 38.3 Å². The van der Waals surface area contributed by atoms with Crippen molar-refractivity contribution < 1.29 is 14.3 Å². The Morgan fingerprint density at radius 3 is 2.80 bits per heavy atom. The van der Waals surface area contributed by atoms with E-state index in [1.807, 2.05) is 35.2 Å². The molecule has 1 aromatic heterocycles. The minimum atomic E-state index is -0.864. The number of carbonyl (C=O) groups excluding carboxylic acids is 2. The summed E-state index contributed by atoms with van der Waals surface area (Å²) in [5.41, 5.74) is 7.08. The Labute approximate surface area is 185 Å². The van der Waals surface area contributed by atoms with Gasteiger partial charge < -0.3 is 20.7 Å². The van der Waals surface area contributed by atoms with Crippen molar-refractivity contribution in [3.63, 3.8) is 0 Å². The third kappa shape index (κ3) is 5.34. The fourth-order valence-corrected chi connectivity index (χ4v) is 4.86. The van der Waals surface area contributed by atoms with Gasteiger partial charge in [-0.2, -0.15) is 0 Å². The number of amides is 1. The Balaban J connectivity index is 1.92. The Hall–Kier alpha value is -2.51. The number of anilines is 1. The number of thiophene rings is 1. The topological polar surface area (TPSA) is 84.7 Å². The molecule has 160 valence electrons. The van der Waals surface area contributed by atoms with E-state index in [4.69, 9.17) is 22.1 Å². The van der Waals surface area contributed by atoms with E-state index in [-0.39, 0.29) is 23.4 Å². The minimum absolute atomic E-state index is 0.0523. The van der Waals surface area contributed by atoms with Gasteiger partial charge in [-0.1, -0.05) is 17.7 Å². The Kier molecular flexibility index (Phi) is 7.39. The Bertz CT molecular complexity index is 943. The maximum atomic E-state index is 13.6. The van der Waals surface area contributed by atoms with Gasteiger partial charge in [0.1, 0.15) is 11.8 Å². The average molecular weight is 448 g/mol. The number of allylic oxidation sites excluding steroid dienone is 1. The lowest BCUT2D eigenvalue weighted by Crippen LogP contribution is -2.48. The Morgan fingerprint density at radius 1 is 1.33 bits per heavy atom. The van der Waals surface area contributed by atoms with Gasteiger partial charge in [-0.3, -0.25) is 9.59 Å². The highest BCUT2D eigenvalue weighted by Gasteiger charge is 2.34. The van der Waals surface area contributed by atoms with E-state index >= 15 is 0 Å². The number of piperidine rings is 1. The number of nitrogens with one attached hydrogen (secondary N) is 1. The van der Waals surface area contributed by atoms with Crippen LogP contribution in [0.4, 0.5) is 5.69 Å². The molecular weight excluding hydrogens is 422 g/mol. The molecule has 8 heteroatoms. The molecule has 1 fully saturated rings. The lowest BCUT2D eigenvalue weighted by molar-refractivity contribution is -0.135. The van der Waals surface area contributed by atoms with Crippen LogP contribution < -0.4 is 15.8 Å². The lowest BCUT2D eigenvalue weighted by Gasteiger charge is -2.38. The number of ether oxygens (including phenoxy) is 1. The molecule has 6 nitrogen and oxygen atoms in total. The first-order valence-corrected chi connectivity index (χ1v) is 11.0. The second-order valence-electron chi connectivity index (χ2n) is 7.25. The number of carbonyl (C=O) groups is 2. The molecule has 2 atom stereocenters. The fourth-order valence-electron chi connectivity index (χ4n) is 3.65. The molecular formula is C22H26ClN3O3S. The molecule has 0 aliphatic carbocycles. The molecule has 1 aliphatic heterocycles. The van der Waals surface area contributed by atoms with Crippen molar-refractivity contribution in [2.75, 3.05) is 19.0 Å². The molecule has 1 aromatic carbocycles. The third-order valence-corrected chi connectivity index (χ3v) is 6.37. The standard InChI is InChI=1S/C22H26ClN3O3S/c1-14(27)12-17(24)21(25-15-6-5-7-16(13-15)29-2)22(28)26-11-4-3-8-18(26)19-9-10-20(23)30-19/h5-7,9-10,12-13,18,21,25H,3-4,8,11,24H2,1-2H3. The van der Waals surface area contributed by atoms with Crippen molar-refractivity contribution in [3.8, 4) is 5.75 Å². The summed E-state index contributed by atoms with van der Waals surface area (Å²) < 4.78 is 5.97. The summed E-state index contributed by atoms with van der Waals surface area (Å²) in [7, 11) is 1.58. The second-order valence-corrected chi connectivity index (χ2v) is 9.00. The lowest BCUT2D eigenvalue weighted by atomic mass is 9.98. The number of halogens is 1. The van der Waals surface area contributed by atoms with Gasteiger partial charge in [0.15, 0.2) is 5.78 Å². The Morgan fingerprint density at radius 2 is 2.13 bits per heavy atom. The van der Waals surface area contributed by atoms with Gasteiger partial charge in [-0.25, -0.2) is 0 Å². The zero-order valence-electron chi connectivity index (χ0n) is 17.1. The van der Waals surface area contributed by atoms with E-state index in [1.165, 1.54) is 24.3 Å². The summed E-state index contributed by atoms with van der Waals surface area (Å²) in [4.78, 5) is 28.2. The first kappa shape index (κ1) is 22.2. The van der Waals surface area contributed by atoms with E-state index in [0.717, 1.165) is 24.1 Å². The number of rotatable bonds is 7. The average Bonchev–Trinajstić information content (AvgIpc) is 3.17. The molecule has 0 spiro atoms. The van der Waals surface area contributed by atoms with Crippen molar-refractivity contribution in [2.24, 2.45) is 5.73 Å². The van der Waals surface area contributed by atoms with Crippen LogP contribution in [-0.4, -0.2) is 36.3 Å². The van der Waals surface area contributed by atoms with Gasteiger partial charge in [0.25, 0.3) is 5.91 Å². The van der Waals surface area contributed by atoms with Crippen LogP contribution in [-0.2, 0) is 9.59 Å². The summed E-state index contributed by atoms with van der Waals surface area (Å²) in [6, 6.07) is 10.2. The van der Waals surface area contributed by atoms with Crippen LogP contribution >= 0.6 is 22.9 Å². The highest BCUT2D eigenvalue weighted by Crippen LogP contribution is 2.37. The fraction of sp³-hybridized carbons (Fsp3) is 0.364. The highest BCUT2D eigenvalue weighted by molar-refractivity contribution is 7.16. The maximum Gasteiger partial charge on any atom is 0.251 e. The van der Waals surface area contributed by atoms with Gasteiger partial charge in [0.2, 0.25) is 0 Å². The molecule has 1 amide bonds. The van der Waals surface area contributed by atoms with Crippen LogP contribution in [0.25, 0.3) is 0 Å². The largest absolute Gasteiger partial charge is 0.497 e. The van der Waals surface area contributed by atoms with E-state index in [2.05, 4.69) is 5.32 Å². The number of methoxy groups -OCH3 is 1. The van der Waals surface area contributed by atoms with E-state index in [0.29, 0.717) is 22.3 Å². The summed E-state index contributed by atoms with van der Waals surface area (Å²) in [6.45, 7) is 2.04. The van der Waals surface area contributed by atoms with E-state index in [1.54, 1.807) is 13.2 Å². The van der Waals surface area contributed by atoms with Gasteiger partial charge in [-0.15, -0.1) is 11.3 Å². The van der Waals surface area contributed by atoms with Crippen molar-refractivity contribution in [3.05, 3.63) is 57.4 Å². The van der Waals surface area contributed by atoms with Crippen molar-refractivity contribution in [1.82, 2.24) is 4.90 Å². The van der Waals surface area contributed by atoms with Gasteiger partial charge in [-0.05, 0) is 50.5 Å². The molecule has 0 saturated carbocycles. The monoisotopic (exact) mass is 447 g/mol. The SMILES string of the molecule is COc1cccc(NC(C(=O)N2CCCCC2c2ccc(Cl)s2)C(N)=CC(C)=O)c1. The highest BCUT2D eigenvalue weighted by atomic mass is 35.5. The summed E-state index contributed by atoms with van der Waals surface area (Å²) in [5, 5.41) is 3.19. The maximum absolute atomic E-state index is 13.6. The molecule has 0 bridgehead atoms. The van der Waals surface area contributed by atoms with E-state index < -0.39 is 6.04 Å². The number of ketones is 1. The number of hydrogen-bond donors (Lipinski definition) is 2. The van der Waals surface area contributed by atoms with Crippen molar-refractivity contribution in [1.29, 1.82) is 0 Å². The minimum Gasteiger partial charge on any atom is -0.497 e. The number of hydrogen-bond acceptors (Lipinski definition) is 6. The molecule has 3 N–H and O–H groups in total. The van der Waals surface area contributed by atoms with E-state index in [9.17, 15) is 9.59 Å². The molecule has 30 heavy (non-hydrogen) atoms. The summed E-state index contributed by atoms with van der Waals surface area (Å²) in [6.07, 6.45) is 4.13. The smallest absolute Gasteiger partial charge is 0.251 e. The normalized spacial score (nSPS) is 18.0. The summed E-state index contributed by atoms with van der Waals surface area (Å²) in [5.74, 6) is 0.282. The molecule has 0 radical (unpaired) electrons. The number of nitrogens with two attached hydrogens (primary N) is 1.